The minimum Gasteiger partial charge on any atom is -0.443 e. The van der Waals surface area contributed by atoms with Gasteiger partial charge < -0.3 is 19.7 Å². The quantitative estimate of drug-likeness (QED) is 0.0535. The Balaban J connectivity index is 1.27. The molecule has 2 aliphatic heterocycles. The molecule has 0 saturated carbocycles. The fourth-order valence-electron chi connectivity index (χ4n) is 5.67. The van der Waals surface area contributed by atoms with E-state index in [-0.39, 0.29) is 97.2 Å². The number of hydrogen-bond donors (Lipinski definition) is 2. The maximum absolute atomic E-state index is 13.4. The zero-order valence-electron chi connectivity index (χ0n) is 32.7. The summed E-state index contributed by atoms with van der Waals surface area (Å²) in [4.78, 5) is 124. The lowest BCUT2D eigenvalue weighted by Crippen LogP contribution is -2.32. The largest absolute Gasteiger partial charge is 0.443 e. The second-order valence-corrected chi connectivity index (χ2v) is 17.7. The van der Waals surface area contributed by atoms with Gasteiger partial charge in [0.2, 0.25) is 0 Å². The van der Waals surface area contributed by atoms with Crippen molar-refractivity contribution in [1.29, 1.82) is 0 Å². The van der Waals surface area contributed by atoms with Gasteiger partial charge in [-0.2, -0.15) is 5.48 Å². The highest BCUT2D eigenvalue weighted by molar-refractivity contribution is 7.97. The van der Waals surface area contributed by atoms with Gasteiger partial charge in [-0.15, -0.1) is 10.1 Å². The van der Waals surface area contributed by atoms with E-state index in [1.54, 1.807) is 6.07 Å². The summed E-state index contributed by atoms with van der Waals surface area (Å²) < 4.78 is 4.99. The molecule has 2 unspecified atom stereocenters. The molecule has 2 saturated heterocycles. The molecule has 2 aromatic carbocycles. The first kappa shape index (κ1) is 46.2. The molecule has 59 heavy (non-hydrogen) atoms. The maximum Gasteiger partial charge on any atom is 0.431 e. The van der Waals surface area contributed by atoms with Crippen LogP contribution in [-0.2, 0) is 76.4 Å². The molecule has 2 heterocycles. The number of ether oxygens (including phenoxy) is 1. The molecular formula is C38H47N5O14S2+2. The van der Waals surface area contributed by atoms with E-state index in [1.165, 1.54) is 18.2 Å². The maximum atomic E-state index is 13.4. The molecule has 21 heteroatoms. The third-order valence-corrected chi connectivity index (χ3v) is 12.8. The van der Waals surface area contributed by atoms with Crippen molar-refractivity contribution in [3.8, 4) is 0 Å². The van der Waals surface area contributed by atoms with Crippen LogP contribution < -0.4 is 10.8 Å². The van der Waals surface area contributed by atoms with Crippen molar-refractivity contribution in [2.75, 3.05) is 37.2 Å². The van der Waals surface area contributed by atoms with Gasteiger partial charge >= 0.3 is 18.0 Å². The van der Waals surface area contributed by atoms with Gasteiger partial charge in [0.05, 0.1) is 17.1 Å². The van der Waals surface area contributed by atoms with Crippen LogP contribution >= 0.6 is 0 Å². The van der Waals surface area contributed by atoms with Gasteiger partial charge in [-0.3, -0.25) is 38.9 Å². The average molecular weight is 862 g/mol. The van der Waals surface area contributed by atoms with E-state index in [1.807, 2.05) is 24.6 Å². The molecule has 2 aromatic rings. The summed E-state index contributed by atoms with van der Waals surface area (Å²) in [7, 11) is -0.689. The van der Waals surface area contributed by atoms with Gasteiger partial charge in [0.25, 0.3) is 35.2 Å². The first-order valence-electron chi connectivity index (χ1n) is 18.8. The average Bonchev–Trinajstić information content (AvgIpc) is 3.71. The molecule has 4 rings (SSSR count). The summed E-state index contributed by atoms with van der Waals surface area (Å²) in [5.74, 6) is -2.43. The number of carbonyl (C=O) groups is 8. The van der Waals surface area contributed by atoms with Gasteiger partial charge in [-0.1, -0.05) is 12.1 Å². The lowest BCUT2D eigenvalue weighted by atomic mass is 10.2. The molecule has 2 N–H and O–H groups in total. The number of nitro benzene ring substituents is 1. The van der Waals surface area contributed by atoms with E-state index in [4.69, 9.17) is 19.2 Å². The highest BCUT2D eigenvalue weighted by Crippen LogP contribution is 2.24. The van der Waals surface area contributed by atoms with Crippen LogP contribution in [0.25, 0.3) is 0 Å². The Morgan fingerprint density at radius 1 is 0.746 bits per heavy atom. The number of nitro groups is 1. The SMILES string of the molecule is C[S+](CCCCC(=O)ON1C(=O)CCC1=O)c1cc(C(=O)NCCCONC(=O)OCc2ccccc2[N+](=O)[O-])cc([S+](C)CCCCC(=O)ON2C(=O)CCC2=O)c1. The molecule has 6 amide bonds. The third kappa shape index (κ3) is 14.7. The van der Waals surface area contributed by atoms with Gasteiger partial charge in [0.15, 0.2) is 9.79 Å². The number of amides is 6. The molecule has 2 fully saturated rings. The number of nitrogens with zero attached hydrogens (tertiary/aromatic N) is 3. The second kappa shape index (κ2) is 23.2. The molecular weight excluding hydrogens is 815 g/mol. The zero-order chi connectivity index (χ0) is 42.9. The molecule has 0 bridgehead atoms. The smallest absolute Gasteiger partial charge is 0.431 e. The highest BCUT2D eigenvalue weighted by atomic mass is 32.2. The lowest BCUT2D eigenvalue weighted by Gasteiger charge is -2.13. The Hall–Kier alpha value is -5.54. The molecule has 0 aliphatic carbocycles. The number of carbonyl (C=O) groups excluding carboxylic acids is 8. The topological polar surface area (TPSA) is 247 Å². The fourth-order valence-corrected chi connectivity index (χ4v) is 8.80. The minimum atomic E-state index is -0.939. The first-order valence-corrected chi connectivity index (χ1v) is 22.4. The lowest BCUT2D eigenvalue weighted by molar-refractivity contribution is -0.385. The van der Waals surface area contributed by atoms with Crippen molar-refractivity contribution in [2.45, 2.75) is 87.0 Å². The Kier molecular flexibility index (Phi) is 18.1. The zero-order valence-corrected chi connectivity index (χ0v) is 34.4. The predicted molar refractivity (Wildman–Crippen MR) is 211 cm³/mol. The third-order valence-electron chi connectivity index (χ3n) is 8.92. The van der Waals surface area contributed by atoms with E-state index in [9.17, 15) is 48.5 Å². The Bertz CT molecular complexity index is 1800. The van der Waals surface area contributed by atoms with Crippen molar-refractivity contribution in [1.82, 2.24) is 20.9 Å². The number of benzene rings is 2. The summed E-state index contributed by atoms with van der Waals surface area (Å²) in [6.07, 6.45) is 5.76. The molecule has 318 valence electrons. The fraction of sp³-hybridized carbons (Fsp3) is 0.474. The summed E-state index contributed by atoms with van der Waals surface area (Å²) >= 11 is 0. The number of rotatable bonds is 23. The second-order valence-electron chi connectivity index (χ2n) is 13.4. The summed E-state index contributed by atoms with van der Waals surface area (Å²) in [5.41, 5.74) is 2.57. The first-order chi connectivity index (χ1) is 28.2. The van der Waals surface area contributed by atoms with E-state index < -0.39 is 46.6 Å². The van der Waals surface area contributed by atoms with Crippen LogP contribution in [0.2, 0.25) is 0 Å². The van der Waals surface area contributed by atoms with E-state index in [2.05, 4.69) is 16.9 Å². The van der Waals surface area contributed by atoms with Crippen molar-refractivity contribution in [2.24, 2.45) is 0 Å². The van der Waals surface area contributed by atoms with Crippen LogP contribution in [-0.4, -0.2) is 99.8 Å². The van der Waals surface area contributed by atoms with Crippen molar-refractivity contribution in [3.63, 3.8) is 0 Å². The molecule has 0 aromatic heterocycles. The molecule has 0 radical (unpaired) electrons. The molecule has 0 spiro atoms. The van der Waals surface area contributed by atoms with Gasteiger partial charge in [0, 0.05) is 96.7 Å². The van der Waals surface area contributed by atoms with Crippen LogP contribution in [0.3, 0.4) is 0 Å². The number of hydroxylamine groups is 5. The number of nitrogens with one attached hydrogen (secondary N) is 2. The van der Waals surface area contributed by atoms with Crippen LogP contribution in [0.5, 0.6) is 0 Å². The van der Waals surface area contributed by atoms with Crippen LogP contribution in [0.15, 0.2) is 52.3 Å². The highest BCUT2D eigenvalue weighted by Gasteiger charge is 2.34. The van der Waals surface area contributed by atoms with E-state index >= 15 is 0 Å². The molecule has 2 atom stereocenters. The van der Waals surface area contributed by atoms with Gasteiger partial charge in [-0.25, -0.2) is 14.4 Å². The summed E-state index contributed by atoms with van der Waals surface area (Å²) in [5, 5.41) is 15.1. The predicted octanol–water partition coefficient (Wildman–Crippen LogP) is 3.34. The van der Waals surface area contributed by atoms with Gasteiger partial charge in [0.1, 0.15) is 30.6 Å². The minimum absolute atomic E-state index is 0.0151. The van der Waals surface area contributed by atoms with Crippen molar-refractivity contribution in [3.05, 3.63) is 63.7 Å². The Morgan fingerprint density at radius 2 is 1.25 bits per heavy atom. The van der Waals surface area contributed by atoms with Gasteiger partial charge in [-0.05, 0) is 38.2 Å². The van der Waals surface area contributed by atoms with Crippen molar-refractivity contribution < 1.29 is 62.5 Å². The Morgan fingerprint density at radius 3 is 1.76 bits per heavy atom. The Labute approximate surface area is 345 Å². The summed E-state index contributed by atoms with van der Waals surface area (Å²) in [6.45, 7) is -0.0999. The monoisotopic (exact) mass is 861 g/mol. The number of para-hydroxylation sites is 1. The van der Waals surface area contributed by atoms with Crippen LogP contribution in [0, 0.1) is 10.1 Å². The normalized spacial score (nSPS) is 14.9. The van der Waals surface area contributed by atoms with Crippen LogP contribution in [0.4, 0.5) is 10.5 Å². The van der Waals surface area contributed by atoms with E-state index in [0.717, 1.165) is 9.79 Å². The number of hydrogen-bond acceptors (Lipinski definition) is 14. The van der Waals surface area contributed by atoms with Crippen LogP contribution in [0.1, 0.15) is 86.6 Å². The number of imide groups is 2. The van der Waals surface area contributed by atoms with Crippen molar-refractivity contribution >= 4 is 75.0 Å². The van der Waals surface area contributed by atoms with E-state index in [0.29, 0.717) is 59.3 Å². The standard InChI is InChI=1S/C38H45N5O14S2/c1-58(20-7-5-12-35(48)56-41-31(44)14-15-32(41)45)28-22-27(23-29(24-28)59(2)21-8-6-13-36(49)57-42-33(46)16-17-34(42)47)37(50)39-18-9-19-55-40-38(51)54-25-26-10-3-4-11-30(26)43(52)53/h3-4,10-11,22-24H,5-9,12-21,25H2,1-2H3/p+2. The molecule has 19 nitrogen and oxygen atoms in total. The molecule has 2 aliphatic rings. The number of unbranched alkanes of at least 4 members (excludes halogenated alkanes) is 2. The summed E-state index contributed by atoms with van der Waals surface area (Å²) in [6, 6.07) is 11.5.